The number of rotatable bonds is 7. The van der Waals surface area contributed by atoms with Crippen molar-refractivity contribution in [1.29, 1.82) is 0 Å². The summed E-state index contributed by atoms with van der Waals surface area (Å²) in [6.45, 7) is 0. The van der Waals surface area contributed by atoms with Crippen LogP contribution in [0.3, 0.4) is 0 Å². The van der Waals surface area contributed by atoms with Crippen LogP contribution >= 0.6 is 0 Å². The Hall–Kier alpha value is -4.48. The Bertz CT molecular complexity index is 1290. The van der Waals surface area contributed by atoms with Crippen LogP contribution in [0.5, 0.6) is 11.5 Å². The van der Waals surface area contributed by atoms with Crippen LogP contribution in [0.4, 0.5) is 23.7 Å². The smallest absolute Gasteiger partial charge is 0.505 e. The molecule has 0 spiro atoms. The Balaban J connectivity index is 1.83. The Morgan fingerprint density at radius 2 is 1.77 bits per heavy atom. The molecule has 0 unspecified atom stereocenters. The lowest BCUT2D eigenvalue weighted by Gasteiger charge is -2.19. The van der Waals surface area contributed by atoms with Gasteiger partial charge >= 0.3 is 18.4 Å². The molecule has 1 atom stereocenters. The fourth-order valence-electron chi connectivity index (χ4n) is 3.26. The number of ether oxygens (including phenoxy) is 1. The number of hydrogen-bond acceptors (Lipinski definition) is 5. The molecule has 0 aliphatic rings. The van der Waals surface area contributed by atoms with Crippen LogP contribution < -0.4 is 20.9 Å². The van der Waals surface area contributed by atoms with E-state index < -0.39 is 47.9 Å². The van der Waals surface area contributed by atoms with E-state index >= 15 is 0 Å². The van der Waals surface area contributed by atoms with Crippen LogP contribution in [0.25, 0.3) is 11.1 Å². The summed E-state index contributed by atoms with van der Waals surface area (Å²) in [6, 6.07) is 10.7. The van der Waals surface area contributed by atoms with E-state index in [0.29, 0.717) is 16.7 Å². The summed E-state index contributed by atoms with van der Waals surface area (Å²) < 4.78 is 42.1. The number of aromatic nitrogens is 1. The highest BCUT2D eigenvalue weighted by Crippen LogP contribution is 2.29. The molecular weight excluding hydrogens is 471 g/mol. The first kappa shape index (κ1) is 25.1. The molecule has 0 fully saturated rings. The highest BCUT2D eigenvalue weighted by molar-refractivity contribution is 5.91. The van der Waals surface area contributed by atoms with Gasteiger partial charge in [0.25, 0.3) is 5.56 Å². The molecular formula is C23H20F3N3O6. The summed E-state index contributed by atoms with van der Waals surface area (Å²) in [6.07, 6.45) is -4.02. The van der Waals surface area contributed by atoms with Crippen molar-refractivity contribution in [2.75, 3.05) is 5.32 Å². The van der Waals surface area contributed by atoms with Crippen molar-refractivity contribution < 1.29 is 37.7 Å². The molecule has 0 bridgehead atoms. The molecule has 2 aromatic carbocycles. The minimum Gasteiger partial charge on any atom is -0.505 e. The number of carboxylic acid groups (broad SMARTS) is 1. The van der Waals surface area contributed by atoms with E-state index in [1.54, 1.807) is 24.3 Å². The number of urea groups is 1. The van der Waals surface area contributed by atoms with E-state index in [2.05, 4.69) is 15.4 Å². The Morgan fingerprint density at radius 1 is 1.09 bits per heavy atom. The van der Waals surface area contributed by atoms with Crippen LogP contribution in [0.15, 0.2) is 65.6 Å². The molecule has 9 nitrogen and oxygen atoms in total. The lowest BCUT2D eigenvalue weighted by molar-refractivity contribution is -0.274. The van der Waals surface area contributed by atoms with Crippen LogP contribution in [-0.2, 0) is 11.8 Å². The van der Waals surface area contributed by atoms with Gasteiger partial charge in [-0.2, -0.15) is 0 Å². The number of halogens is 3. The van der Waals surface area contributed by atoms with Gasteiger partial charge in [-0.1, -0.05) is 30.3 Å². The fraction of sp³-hybridized carbons (Fsp3) is 0.174. The summed E-state index contributed by atoms with van der Waals surface area (Å²) in [7, 11) is 1.42. The molecule has 2 amide bonds. The molecule has 0 radical (unpaired) electrons. The van der Waals surface area contributed by atoms with E-state index in [1.807, 2.05) is 0 Å². The minimum absolute atomic E-state index is 0.378. The third-order valence-corrected chi connectivity index (χ3v) is 4.88. The number of amides is 2. The molecule has 0 saturated carbocycles. The van der Waals surface area contributed by atoms with Gasteiger partial charge in [-0.25, -0.2) is 4.79 Å². The number of aliphatic carboxylic acids is 1. The Morgan fingerprint density at radius 3 is 2.40 bits per heavy atom. The zero-order valence-corrected chi connectivity index (χ0v) is 18.2. The average Bonchev–Trinajstić information content (AvgIpc) is 2.78. The van der Waals surface area contributed by atoms with Crippen LogP contribution in [0.1, 0.15) is 18.0 Å². The van der Waals surface area contributed by atoms with E-state index in [1.165, 1.54) is 31.4 Å². The molecule has 0 aliphatic heterocycles. The van der Waals surface area contributed by atoms with Crippen molar-refractivity contribution in [3.8, 4) is 22.6 Å². The van der Waals surface area contributed by atoms with Gasteiger partial charge in [0.2, 0.25) is 0 Å². The monoisotopic (exact) mass is 491 g/mol. The summed E-state index contributed by atoms with van der Waals surface area (Å²) in [5.74, 6) is -2.07. The van der Waals surface area contributed by atoms with Gasteiger partial charge in [0, 0.05) is 13.2 Å². The normalized spacial score (nSPS) is 12.0. The Labute approximate surface area is 196 Å². The quantitative estimate of drug-likeness (QED) is 0.396. The summed E-state index contributed by atoms with van der Waals surface area (Å²) >= 11 is 0. The number of carbonyl (C=O) groups is 2. The number of nitrogens with one attached hydrogen (secondary N) is 2. The minimum atomic E-state index is -4.82. The molecule has 184 valence electrons. The fourth-order valence-corrected chi connectivity index (χ4v) is 3.26. The largest absolute Gasteiger partial charge is 0.573 e. The van der Waals surface area contributed by atoms with Gasteiger partial charge in [-0.3, -0.25) is 9.59 Å². The number of aryl methyl sites for hydroxylation is 1. The van der Waals surface area contributed by atoms with Crippen LogP contribution in [0, 0.1) is 0 Å². The summed E-state index contributed by atoms with van der Waals surface area (Å²) in [5, 5.41) is 23.9. The molecule has 1 heterocycles. The first-order chi connectivity index (χ1) is 16.4. The van der Waals surface area contributed by atoms with Gasteiger partial charge in [0.05, 0.1) is 12.5 Å². The molecule has 0 aliphatic carbocycles. The summed E-state index contributed by atoms with van der Waals surface area (Å²) in [5.41, 5.74) is 0.415. The zero-order valence-electron chi connectivity index (χ0n) is 18.2. The SMILES string of the molecule is Cn1ccc(O)c(NC(=O)N[C@@H](CC(=O)O)c2cccc(-c3ccc(OC(F)(F)F)cc3)c2)c1=O. The van der Waals surface area contributed by atoms with E-state index in [4.69, 9.17) is 0 Å². The van der Waals surface area contributed by atoms with Crippen LogP contribution in [0.2, 0.25) is 0 Å². The molecule has 12 heteroatoms. The van der Waals surface area contributed by atoms with Gasteiger partial charge in [-0.05, 0) is 41.0 Å². The second kappa shape index (κ2) is 10.2. The number of anilines is 1. The molecule has 4 N–H and O–H groups in total. The summed E-state index contributed by atoms with van der Waals surface area (Å²) in [4.78, 5) is 36.1. The predicted molar refractivity (Wildman–Crippen MR) is 119 cm³/mol. The lowest BCUT2D eigenvalue weighted by atomic mass is 9.98. The number of alkyl halides is 3. The number of aromatic hydroxyl groups is 1. The number of carbonyl (C=O) groups excluding carboxylic acids is 1. The number of carboxylic acids is 1. The molecule has 1 aromatic heterocycles. The van der Waals surface area contributed by atoms with Crippen molar-refractivity contribution in [2.45, 2.75) is 18.8 Å². The van der Waals surface area contributed by atoms with Crippen molar-refractivity contribution in [3.63, 3.8) is 0 Å². The van der Waals surface area contributed by atoms with E-state index in [0.717, 1.165) is 16.7 Å². The Kier molecular flexibility index (Phi) is 7.33. The molecule has 35 heavy (non-hydrogen) atoms. The lowest BCUT2D eigenvalue weighted by Crippen LogP contribution is -2.35. The van der Waals surface area contributed by atoms with Gasteiger partial charge in [0.15, 0.2) is 5.69 Å². The first-order valence-corrected chi connectivity index (χ1v) is 10.1. The molecule has 3 rings (SSSR count). The highest BCUT2D eigenvalue weighted by atomic mass is 19.4. The van der Waals surface area contributed by atoms with Crippen molar-refractivity contribution in [1.82, 2.24) is 9.88 Å². The number of hydrogen-bond donors (Lipinski definition) is 4. The molecule has 0 saturated heterocycles. The highest BCUT2D eigenvalue weighted by Gasteiger charge is 2.31. The number of benzene rings is 2. The van der Waals surface area contributed by atoms with Crippen molar-refractivity contribution in [3.05, 3.63) is 76.7 Å². The van der Waals surface area contributed by atoms with Gasteiger partial charge < -0.3 is 30.2 Å². The number of nitrogens with zero attached hydrogens (tertiary/aromatic N) is 1. The van der Waals surface area contributed by atoms with E-state index in [9.17, 15) is 37.8 Å². The standard InChI is InChI=1S/C23H20F3N3O6/c1-29-10-9-18(30)20(21(29)33)28-22(34)27-17(12-19(31)32)15-4-2-3-14(11-15)13-5-7-16(8-6-13)35-23(24,25)26/h2-11,17,30H,12H2,1H3,(H,31,32)(H2,27,28,34)/t17-/m0/s1. The van der Waals surface area contributed by atoms with Crippen molar-refractivity contribution in [2.24, 2.45) is 7.05 Å². The maximum absolute atomic E-state index is 12.5. The van der Waals surface area contributed by atoms with Crippen LogP contribution in [-0.4, -0.2) is 33.1 Å². The third-order valence-electron chi connectivity index (χ3n) is 4.88. The van der Waals surface area contributed by atoms with Gasteiger partial charge in [0.1, 0.15) is 11.5 Å². The third kappa shape index (κ3) is 6.76. The second-order valence-corrected chi connectivity index (χ2v) is 7.44. The molecule has 3 aromatic rings. The van der Waals surface area contributed by atoms with Gasteiger partial charge in [-0.15, -0.1) is 13.2 Å². The first-order valence-electron chi connectivity index (χ1n) is 10.1. The zero-order chi connectivity index (χ0) is 25.8. The second-order valence-electron chi connectivity index (χ2n) is 7.44. The average molecular weight is 491 g/mol. The predicted octanol–water partition coefficient (Wildman–Crippen LogP) is 3.99. The topological polar surface area (TPSA) is 130 Å². The van der Waals surface area contributed by atoms with E-state index in [-0.39, 0.29) is 5.69 Å². The van der Waals surface area contributed by atoms with Crippen molar-refractivity contribution >= 4 is 17.7 Å². The number of pyridine rings is 1. The maximum Gasteiger partial charge on any atom is 0.573 e. The maximum atomic E-state index is 12.5.